The Bertz CT molecular complexity index is 90.1. The molecular formula is C10H22O2S2. The van der Waals surface area contributed by atoms with Crippen LogP contribution in [0.15, 0.2) is 0 Å². The molecule has 0 aliphatic carbocycles. The van der Waals surface area contributed by atoms with Gasteiger partial charge in [0.1, 0.15) is 0 Å². The molecule has 0 rings (SSSR count). The summed E-state index contributed by atoms with van der Waals surface area (Å²) in [5.41, 5.74) is 0. The van der Waals surface area contributed by atoms with E-state index in [1.807, 2.05) is 10.8 Å². The quantitative estimate of drug-likeness (QED) is 0.429. The fraction of sp³-hybridized carbons (Fsp3) is 1.00. The summed E-state index contributed by atoms with van der Waals surface area (Å²) in [4.78, 5) is 0. The van der Waals surface area contributed by atoms with Crippen LogP contribution < -0.4 is 0 Å². The summed E-state index contributed by atoms with van der Waals surface area (Å²) in [6, 6.07) is 0. The first kappa shape index (κ1) is 14.6. The lowest BCUT2D eigenvalue weighted by Crippen LogP contribution is -1.85. The summed E-state index contributed by atoms with van der Waals surface area (Å²) in [7, 11) is 3.62. The highest BCUT2D eigenvalue weighted by molar-refractivity contribution is 8.76. The number of hydrogen-bond acceptors (Lipinski definition) is 4. The highest BCUT2D eigenvalue weighted by atomic mass is 33.1. The van der Waals surface area contributed by atoms with Gasteiger partial charge in [-0.05, 0) is 12.8 Å². The van der Waals surface area contributed by atoms with Crippen molar-refractivity contribution in [2.75, 3.05) is 24.7 Å². The van der Waals surface area contributed by atoms with Gasteiger partial charge in [-0.1, -0.05) is 47.3 Å². The van der Waals surface area contributed by atoms with Crippen molar-refractivity contribution >= 4 is 21.6 Å². The maximum absolute atomic E-state index is 8.56. The van der Waals surface area contributed by atoms with E-state index in [1.165, 1.54) is 37.9 Å². The van der Waals surface area contributed by atoms with E-state index in [2.05, 4.69) is 0 Å². The number of unbranched alkanes of at least 4 members (excludes halogenated alkanes) is 5. The van der Waals surface area contributed by atoms with Crippen molar-refractivity contribution in [3.63, 3.8) is 0 Å². The van der Waals surface area contributed by atoms with Gasteiger partial charge in [0.15, 0.2) is 0 Å². The first-order chi connectivity index (χ1) is 6.91. The molecule has 0 unspecified atom stereocenters. The third-order valence-electron chi connectivity index (χ3n) is 1.89. The number of rotatable bonds is 11. The molecule has 0 radical (unpaired) electrons. The maximum Gasteiger partial charge on any atom is 0.0530 e. The molecule has 2 N–H and O–H groups in total. The Morgan fingerprint density at radius 1 is 0.571 bits per heavy atom. The van der Waals surface area contributed by atoms with Gasteiger partial charge >= 0.3 is 0 Å². The molecule has 4 heteroatoms. The first-order valence-corrected chi connectivity index (χ1v) is 7.86. The Morgan fingerprint density at radius 2 is 1.14 bits per heavy atom. The molecule has 0 heterocycles. The predicted octanol–water partition coefficient (Wildman–Crippen LogP) is 2.69. The van der Waals surface area contributed by atoms with Crippen molar-refractivity contribution in [2.24, 2.45) is 0 Å². The largest absolute Gasteiger partial charge is 0.396 e. The van der Waals surface area contributed by atoms with Crippen LogP contribution >= 0.6 is 21.6 Å². The van der Waals surface area contributed by atoms with Gasteiger partial charge in [0.05, 0.1) is 6.61 Å². The summed E-state index contributed by atoms with van der Waals surface area (Å²) in [6.45, 7) is 0.631. The standard InChI is InChI=1S/C10H22O2S2/c11-7-5-3-1-2-4-6-9-13-14-10-8-12/h11-12H,1-10H2. The summed E-state index contributed by atoms with van der Waals surface area (Å²) in [5, 5.41) is 17.1. The second-order valence-electron chi connectivity index (χ2n) is 3.21. The third-order valence-corrected chi connectivity index (χ3v) is 4.36. The van der Waals surface area contributed by atoms with E-state index in [1.54, 1.807) is 10.8 Å². The number of hydrogen-bond donors (Lipinski definition) is 2. The van der Waals surface area contributed by atoms with Crippen LogP contribution in [0.2, 0.25) is 0 Å². The average molecular weight is 238 g/mol. The van der Waals surface area contributed by atoms with Crippen LogP contribution in [0.5, 0.6) is 0 Å². The molecule has 0 aromatic heterocycles. The minimum absolute atomic E-state index is 0.291. The van der Waals surface area contributed by atoms with Gasteiger partial charge in [0.25, 0.3) is 0 Å². The van der Waals surface area contributed by atoms with Crippen LogP contribution in [0.1, 0.15) is 38.5 Å². The molecule has 0 aromatic rings. The van der Waals surface area contributed by atoms with E-state index in [0.29, 0.717) is 13.2 Å². The number of aliphatic hydroxyl groups is 2. The van der Waals surface area contributed by atoms with Crippen molar-refractivity contribution in [1.82, 2.24) is 0 Å². The van der Waals surface area contributed by atoms with Crippen LogP contribution in [0.4, 0.5) is 0 Å². The van der Waals surface area contributed by atoms with E-state index in [0.717, 1.165) is 12.2 Å². The Labute approximate surface area is 95.3 Å². The Hall–Kier alpha value is 0.620. The first-order valence-electron chi connectivity index (χ1n) is 5.38. The minimum Gasteiger partial charge on any atom is -0.396 e. The molecule has 0 aromatic carbocycles. The Balaban J connectivity index is 2.78. The van der Waals surface area contributed by atoms with E-state index in [9.17, 15) is 0 Å². The zero-order valence-electron chi connectivity index (χ0n) is 8.78. The van der Waals surface area contributed by atoms with Crippen LogP contribution in [0.3, 0.4) is 0 Å². The molecule has 0 amide bonds. The Morgan fingerprint density at radius 3 is 1.79 bits per heavy atom. The molecular weight excluding hydrogens is 216 g/mol. The van der Waals surface area contributed by atoms with Crippen LogP contribution in [-0.4, -0.2) is 34.9 Å². The predicted molar refractivity (Wildman–Crippen MR) is 66.8 cm³/mol. The second kappa shape index (κ2) is 13.6. The smallest absolute Gasteiger partial charge is 0.0530 e. The molecule has 86 valence electrons. The van der Waals surface area contributed by atoms with Crippen LogP contribution in [0, 0.1) is 0 Å². The lowest BCUT2D eigenvalue weighted by Gasteiger charge is -2.00. The monoisotopic (exact) mass is 238 g/mol. The molecule has 0 spiro atoms. The van der Waals surface area contributed by atoms with Gasteiger partial charge in [0.2, 0.25) is 0 Å². The van der Waals surface area contributed by atoms with Crippen molar-refractivity contribution in [1.29, 1.82) is 0 Å². The normalized spacial score (nSPS) is 10.7. The molecule has 2 nitrogen and oxygen atoms in total. The average Bonchev–Trinajstić information content (AvgIpc) is 2.21. The fourth-order valence-electron chi connectivity index (χ4n) is 1.14. The molecule has 0 atom stereocenters. The highest BCUT2D eigenvalue weighted by Crippen LogP contribution is 2.22. The highest BCUT2D eigenvalue weighted by Gasteiger charge is 1.92. The maximum atomic E-state index is 8.56. The van der Waals surface area contributed by atoms with Gasteiger partial charge in [-0.3, -0.25) is 0 Å². The topological polar surface area (TPSA) is 40.5 Å². The van der Waals surface area contributed by atoms with Gasteiger partial charge in [-0.15, -0.1) is 0 Å². The van der Waals surface area contributed by atoms with Crippen molar-refractivity contribution in [3.05, 3.63) is 0 Å². The van der Waals surface area contributed by atoms with Gasteiger partial charge in [0, 0.05) is 18.1 Å². The Kier molecular flexibility index (Phi) is 14.2. The van der Waals surface area contributed by atoms with Gasteiger partial charge < -0.3 is 10.2 Å². The lowest BCUT2D eigenvalue weighted by molar-refractivity contribution is 0.282. The SMILES string of the molecule is OCCCCCCCCSSCCO. The van der Waals surface area contributed by atoms with E-state index >= 15 is 0 Å². The zero-order chi connectivity index (χ0) is 10.5. The third kappa shape index (κ3) is 12.6. The van der Waals surface area contributed by atoms with Crippen molar-refractivity contribution < 1.29 is 10.2 Å². The molecule has 0 fully saturated rings. The van der Waals surface area contributed by atoms with Gasteiger partial charge in [-0.2, -0.15) is 0 Å². The van der Waals surface area contributed by atoms with Crippen molar-refractivity contribution in [3.8, 4) is 0 Å². The fourth-order valence-corrected chi connectivity index (χ4v) is 3.05. The molecule has 0 aliphatic rings. The van der Waals surface area contributed by atoms with Crippen molar-refractivity contribution in [2.45, 2.75) is 38.5 Å². The van der Waals surface area contributed by atoms with E-state index < -0.39 is 0 Å². The summed E-state index contributed by atoms with van der Waals surface area (Å²) >= 11 is 0. The molecule has 0 aliphatic heterocycles. The lowest BCUT2D eigenvalue weighted by atomic mass is 10.1. The van der Waals surface area contributed by atoms with E-state index in [-0.39, 0.29) is 0 Å². The van der Waals surface area contributed by atoms with E-state index in [4.69, 9.17) is 10.2 Å². The minimum atomic E-state index is 0.291. The van der Waals surface area contributed by atoms with Gasteiger partial charge in [-0.25, -0.2) is 0 Å². The van der Waals surface area contributed by atoms with Crippen LogP contribution in [-0.2, 0) is 0 Å². The summed E-state index contributed by atoms with van der Waals surface area (Å²) in [6.07, 6.45) is 7.27. The van der Waals surface area contributed by atoms with Crippen LogP contribution in [0.25, 0.3) is 0 Å². The molecule has 0 saturated carbocycles. The molecule has 14 heavy (non-hydrogen) atoms. The zero-order valence-corrected chi connectivity index (χ0v) is 10.4. The summed E-state index contributed by atoms with van der Waals surface area (Å²) in [5.74, 6) is 2.05. The summed E-state index contributed by atoms with van der Waals surface area (Å²) < 4.78 is 0. The molecule has 0 saturated heterocycles. The number of aliphatic hydroxyl groups excluding tert-OH is 2. The second-order valence-corrected chi connectivity index (χ2v) is 5.91. The molecule has 0 bridgehead atoms.